The normalized spacial score (nSPS) is 41.1. The van der Waals surface area contributed by atoms with E-state index in [1.165, 1.54) is 25.7 Å². The first kappa shape index (κ1) is 18.7. The first-order chi connectivity index (χ1) is 12.8. The summed E-state index contributed by atoms with van der Waals surface area (Å²) in [6.45, 7) is 11.2. The molecular weight excluding hydrogens is 328 g/mol. The van der Waals surface area contributed by atoms with Crippen molar-refractivity contribution in [3.63, 3.8) is 0 Å². The summed E-state index contributed by atoms with van der Waals surface area (Å²) in [5, 5.41) is 0. The molecule has 3 aliphatic rings. The fourth-order valence-electron chi connectivity index (χ4n) is 6.81. The van der Waals surface area contributed by atoms with Crippen molar-refractivity contribution >= 4 is 5.78 Å². The monoisotopic (exact) mass is 362 g/mol. The second-order valence-electron chi connectivity index (χ2n) is 10.1. The molecule has 0 aromatic heterocycles. The number of carbonyl (C=O) groups excluding carboxylic acids is 1. The Morgan fingerprint density at radius 2 is 1.85 bits per heavy atom. The Balaban J connectivity index is 1.71. The van der Waals surface area contributed by atoms with Gasteiger partial charge in [-0.2, -0.15) is 0 Å². The molecule has 4 rings (SSSR count). The van der Waals surface area contributed by atoms with Crippen LogP contribution in [-0.4, -0.2) is 5.78 Å². The maximum Gasteiger partial charge on any atom is 0.169 e. The lowest BCUT2D eigenvalue weighted by molar-refractivity contribution is -0.0140. The molecule has 0 amide bonds. The van der Waals surface area contributed by atoms with Crippen molar-refractivity contribution in [1.82, 2.24) is 0 Å². The van der Waals surface area contributed by atoms with Gasteiger partial charge in [-0.1, -0.05) is 75.2 Å². The Bertz CT molecular complexity index is 775. The van der Waals surface area contributed by atoms with E-state index in [2.05, 4.69) is 39.5 Å². The van der Waals surface area contributed by atoms with Crippen LogP contribution >= 0.6 is 0 Å². The summed E-state index contributed by atoms with van der Waals surface area (Å²) in [7, 11) is 0. The molecule has 0 heterocycles. The van der Waals surface area contributed by atoms with E-state index in [0.29, 0.717) is 17.6 Å². The number of Topliss-reactive ketones (excluding diaryl/α,β-unsaturated/α-hetero) is 1. The SMILES string of the molecule is C=C[C@@]1(C)CC=C2C(CCC3[C@](C)(C(=O)c4ccccc4)CCC[C@@]23C)C1. The summed E-state index contributed by atoms with van der Waals surface area (Å²) in [4.78, 5) is 13.6. The van der Waals surface area contributed by atoms with Crippen LogP contribution in [-0.2, 0) is 0 Å². The van der Waals surface area contributed by atoms with Gasteiger partial charge in [-0.25, -0.2) is 0 Å². The van der Waals surface area contributed by atoms with E-state index in [1.807, 2.05) is 30.3 Å². The minimum Gasteiger partial charge on any atom is -0.294 e. The zero-order valence-electron chi connectivity index (χ0n) is 17.3. The van der Waals surface area contributed by atoms with Gasteiger partial charge < -0.3 is 0 Å². The fraction of sp³-hybridized carbons (Fsp3) is 0.577. The molecule has 1 aromatic rings. The van der Waals surface area contributed by atoms with Gasteiger partial charge in [0.25, 0.3) is 0 Å². The Morgan fingerprint density at radius 1 is 1.11 bits per heavy atom. The van der Waals surface area contributed by atoms with E-state index < -0.39 is 0 Å². The lowest BCUT2D eigenvalue weighted by Gasteiger charge is -2.58. The van der Waals surface area contributed by atoms with Crippen LogP contribution < -0.4 is 0 Å². The molecule has 1 nitrogen and oxygen atoms in total. The smallest absolute Gasteiger partial charge is 0.169 e. The summed E-state index contributed by atoms with van der Waals surface area (Å²) in [6.07, 6.45) is 12.9. The van der Waals surface area contributed by atoms with Gasteiger partial charge >= 0.3 is 0 Å². The molecule has 144 valence electrons. The van der Waals surface area contributed by atoms with Gasteiger partial charge in [0.1, 0.15) is 0 Å². The Kier molecular flexibility index (Phi) is 4.48. The molecule has 0 aliphatic heterocycles. The van der Waals surface area contributed by atoms with Gasteiger partial charge in [0.15, 0.2) is 5.78 Å². The fourth-order valence-corrected chi connectivity index (χ4v) is 6.81. The van der Waals surface area contributed by atoms with Crippen molar-refractivity contribution in [2.45, 2.75) is 65.7 Å². The Hall–Kier alpha value is -1.63. The third kappa shape index (κ3) is 2.85. The van der Waals surface area contributed by atoms with Gasteiger partial charge in [-0.15, -0.1) is 6.58 Å². The predicted octanol–water partition coefficient (Wildman–Crippen LogP) is 7.00. The summed E-state index contributed by atoms with van der Waals surface area (Å²) in [6, 6.07) is 9.99. The quantitative estimate of drug-likeness (QED) is 0.418. The van der Waals surface area contributed by atoms with E-state index in [0.717, 1.165) is 24.8 Å². The highest BCUT2D eigenvalue weighted by Gasteiger charge is 2.57. The van der Waals surface area contributed by atoms with Crippen molar-refractivity contribution < 1.29 is 4.79 Å². The van der Waals surface area contributed by atoms with E-state index >= 15 is 0 Å². The molecule has 1 aromatic carbocycles. The summed E-state index contributed by atoms with van der Waals surface area (Å²) < 4.78 is 0. The van der Waals surface area contributed by atoms with Gasteiger partial charge in [0.2, 0.25) is 0 Å². The van der Waals surface area contributed by atoms with Gasteiger partial charge in [-0.3, -0.25) is 4.79 Å². The zero-order valence-corrected chi connectivity index (χ0v) is 17.3. The minimum atomic E-state index is -0.237. The first-order valence-electron chi connectivity index (χ1n) is 10.8. The van der Waals surface area contributed by atoms with Crippen LogP contribution in [0.5, 0.6) is 0 Å². The lowest BCUT2D eigenvalue weighted by atomic mass is 9.45. The van der Waals surface area contributed by atoms with E-state index in [-0.39, 0.29) is 16.2 Å². The second kappa shape index (κ2) is 6.47. The third-order valence-corrected chi connectivity index (χ3v) is 8.38. The zero-order chi connectivity index (χ0) is 19.3. The van der Waals surface area contributed by atoms with Crippen LogP contribution in [0.25, 0.3) is 0 Å². The third-order valence-electron chi connectivity index (χ3n) is 8.38. The molecule has 2 saturated carbocycles. The number of allylic oxidation sites excluding steroid dienone is 3. The molecule has 5 atom stereocenters. The van der Waals surface area contributed by atoms with Crippen LogP contribution in [0.4, 0.5) is 0 Å². The van der Waals surface area contributed by atoms with Crippen molar-refractivity contribution in [2.75, 3.05) is 0 Å². The van der Waals surface area contributed by atoms with Crippen LogP contribution in [0.1, 0.15) is 76.1 Å². The highest BCUT2D eigenvalue weighted by molar-refractivity contribution is 6.00. The molecule has 0 bridgehead atoms. The molecule has 0 saturated heterocycles. The number of benzene rings is 1. The number of hydrogen-bond donors (Lipinski definition) is 0. The average molecular weight is 363 g/mol. The highest BCUT2D eigenvalue weighted by atomic mass is 16.1. The largest absolute Gasteiger partial charge is 0.294 e. The second-order valence-corrected chi connectivity index (χ2v) is 10.1. The molecule has 27 heavy (non-hydrogen) atoms. The average Bonchev–Trinajstić information content (AvgIpc) is 2.67. The number of fused-ring (bicyclic) bond motifs is 3. The van der Waals surface area contributed by atoms with Crippen molar-refractivity contribution in [3.8, 4) is 0 Å². The summed E-state index contributed by atoms with van der Waals surface area (Å²) >= 11 is 0. The van der Waals surface area contributed by atoms with E-state index in [9.17, 15) is 4.79 Å². The standard InChI is InChI=1S/C26H34O/c1-5-24(2)17-14-21-20(18-24)12-13-22-25(21,3)15-9-16-26(22,4)23(27)19-10-7-6-8-11-19/h5-8,10-11,14,20,22H,1,9,12-13,15-18H2,2-4H3/t20?,22?,24-,25-,26+/m0/s1. The molecule has 0 radical (unpaired) electrons. The molecule has 3 aliphatic carbocycles. The predicted molar refractivity (Wildman–Crippen MR) is 113 cm³/mol. The maximum atomic E-state index is 13.6. The molecule has 2 fully saturated rings. The minimum absolute atomic E-state index is 0.183. The highest BCUT2D eigenvalue weighted by Crippen LogP contribution is 2.64. The summed E-state index contributed by atoms with van der Waals surface area (Å²) in [5.74, 6) is 1.50. The maximum absolute atomic E-state index is 13.6. The van der Waals surface area contributed by atoms with Crippen LogP contribution in [0.15, 0.2) is 54.6 Å². The molecule has 0 spiro atoms. The Labute approximate surface area is 164 Å². The van der Waals surface area contributed by atoms with E-state index in [1.54, 1.807) is 5.57 Å². The van der Waals surface area contributed by atoms with Crippen molar-refractivity contribution in [3.05, 3.63) is 60.2 Å². The van der Waals surface area contributed by atoms with Gasteiger partial charge in [0, 0.05) is 11.0 Å². The Morgan fingerprint density at radius 3 is 2.56 bits per heavy atom. The van der Waals surface area contributed by atoms with Crippen LogP contribution in [0.2, 0.25) is 0 Å². The number of rotatable bonds is 3. The topological polar surface area (TPSA) is 17.1 Å². The number of hydrogen-bond acceptors (Lipinski definition) is 1. The van der Waals surface area contributed by atoms with Crippen molar-refractivity contribution in [2.24, 2.45) is 28.1 Å². The first-order valence-corrected chi connectivity index (χ1v) is 10.8. The number of ketones is 1. The van der Waals surface area contributed by atoms with Crippen LogP contribution in [0.3, 0.4) is 0 Å². The van der Waals surface area contributed by atoms with Crippen LogP contribution in [0, 0.1) is 28.1 Å². The molecule has 0 N–H and O–H groups in total. The van der Waals surface area contributed by atoms with Gasteiger partial charge in [0.05, 0.1) is 0 Å². The lowest BCUT2D eigenvalue weighted by Crippen LogP contribution is -2.52. The molecule has 1 heteroatoms. The number of carbonyl (C=O) groups is 1. The van der Waals surface area contributed by atoms with E-state index in [4.69, 9.17) is 0 Å². The molecule has 2 unspecified atom stereocenters. The van der Waals surface area contributed by atoms with Crippen molar-refractivity contribution in [1.29, 1.82) is 0 Å². The van der Waals surface area contributed by atoms with Gasteiger partial charge in [-0.05, 0) is 61.2 Å². The molecular formula is C26H34O. The summed E-state index contributed by atoms with van der Waals surface area (Å²) in [5.41, 5.74) is 2.75.